The first-order valence-electron chi connectivity index (χ1n) is 7.35. The minimum absolute atomic E-state index is 0.0652. The van der Waals surface area contributed by atoms with Crippen LogP contribution in [0.25, 0.3) is 0 Å². The Labute approximate surface area is 134 Å². The van der Waals surface area contributed by atoms with Gasteiger partial charge < -0.3 is 10.6 Å². The molecule has 2 amide bonds. The molecule has 0 aliphatic rings. The molecule has 0 fully saturated rings. The van der Waals surface area contributed by atoms with Crippen molar-refractivity contribution in [2.75, 3.05) is 5.32 Å². The van der Waals surface area contributed by atoms with E-state index in [-0.39, 0.29) is 17.1 Å². The molecule has 2 rings (SSSR count). The molecular weight excluding hydrogens is 298 g/mol. The van der Waals surface area contributed by atoms with E-state index in [0.717, 1.165) is 17.7 Å². The molecular formula is C18H20F2N2O. The average molecular weight is 318 g/mol. The summed E-state index contributed by atoms with van der Waals surface area (Å²) in [5, 5.41) is 5.27. The monoisotopic (exact) mass is 318 g/mol. The van der Waals surface area contributed by atoms with E-state index in [2.05, 4.69) is 10.6 Å². The van der Waals surface area contributed by atoms with Crippen LogP contribution in [0.4, 0.5) is 19.3 Å². The SMILES string of the molecule is CC(C)(C)C(NC(=O)Nc1ccc(F)cc1F)c1ccccc1. The molecule has 0 aromatic heterocycles. The first kappa shape index (κ1) is 16.9. The quantitative estimate of drug-likeness (QED) is 0.832. The number of urea groups is 1. The number of anilines is 1. The van der Waals surface area contributed by atoms with Crippen molar-refractivity contribution < 1.29 is 13.6 Å². The number of halogens is 2. The summed E-state index contributed by atoms with van der Waals surface area (Å²) in [5.74, 6) is -1.50. The summed E-state index contributed by atoms with van der Waals surface area (Å²) in [6, 6.07) is 11.8. The van der Waals surface area contributed by atoms with E-state index < -0.39 is 17.7 Å². The maximum Gasteiger partial charge on any atom is 0.319 e. The molecule has 1 unspecified atom stereocenters. The van der Waals surface area contributed by atoms with Crippen LogP contribution < -0.4 is 10.6 Å². The van der Waals surface area contributed by atoms with Gasteiger partial charge in [0.05, 0.1) is 11.7 Å². The predicted octanol–water partition coefficient (Wildman–Crippen LogP) is 4.87. The number of hydrogen-bond acceptors (Lipinski definition) is 1. The summed E-state index contributed by atoms with van der Waals surface area (Å²) in [6.45, 7) is 6.01. The van der Waals surface area contributed by atoms with Gasteiger partial charge >= 0.3 is 6.03 Å². The lowest BCUT2D eigenvalue weighted by Gasteiger charge is -2.32. The van der Waals surface area contributed by atoms with Crippen molar-refractivity contribution in [3.05, 3.63) is 65.7 Å². The second kappa shape index (κ2) is 6.77. The maximum absolute atomic E-state index is 13.6. The highest BCUT2D eigenvalue weighted by Gasteiger charge is 2.27. The van der Waals surface area contributed by atoms with Gasteiger partial charge in [-0.15, -0.1) is 0 Å². The van der Waals surface area contributed by atoms with E-state index in [4.69, 9.17) is 0 Å². The molecule has 0 saturated carbocycles. The number of carbonyl (C=O) groups is 1. The molecule has 0 aliphatic heterocycles. The van der Waals surface area contributed by atoms with Crippen LogP contribution in [0.3, 0.4) is 0 Å². The fourth-order valence-electron chi connectivity index (χ4n) is 2.33. The maximum atomic E-state index is 13.6. The van der Waals surface area contributed by atoms with Crippen molar-refractivity contribution in [3.8, 4) is 0 Å². The Balaban J connectivity index is 2.15. The Morgan fingerprint density at radius 2 is 1.70 bits per heavy atom. The lowest BCUT2D eigenvalue weighted by molar-refractivity contribution is 0.229. The minimum Gasteiger partial charge on any atom is -0.331 e. The molecule has 3 nitrogen and oxygen atoms in total. The smallest absolute Gasteiger partial charge is 0.319 e. The number of hydrogen-bond donors (Lipinski definition) is 2. The zero-order valence-corrected chi connectivity index (χ0v) is 13.4. The average Bonchev–Trinajstić information content (AvgIpc) is 2.47. The Hall–Kier alpha value is -2.43. The summed E-state index contributed by atoms with van der Waals surface area (Å²) >= 11 is 0. The van der Waals surface area contributed by atoms with E-state index in [1.54, 1.807) is 0 Å². The summed E-state index contributed by atoms with van der Waals surface area (Å²) < 4.78 is 26.5. The van der Waals surface area contributed by atoms with Crippen molar-refractivity contribution in [3.63, 3.8) is 0 Å². The van der Waals surface area contributed by atoms with Crippen molar-refractivity contribution in [1.29, 1.82) is 0 Å². The molecule has 2 N–H and O–H groups in total. The number of benzene rings is 2. The van der Waals surface area contributed by atoms with E-state index in [1.165, 1.54) is 6.07 Å². The molecule has 2 aromatic rings. The molecule has 0 spiro atoms. The van der Waals surface area contributed by atoms with Gasteiger partial charge in [0.15, 0.2) is 0 Å². The molecule has 5 heteroatoms. The summed E-state index contributed by atoms with van der Waals surface area (Å²) in [4.78, 5) is 12.2. The first-order valence-corrected chi connectivity index (χ1v) is 7.35. The summed E-state index contributed by atoms with van der Waals surface area (Å²) in [6.07, 6.45) is 0. The molecule has 2 aromatic carbocycles. The summed E-state index contributed by atoms with van der Waals surface area (Å²) in [7, 11) is 0. The van der Waals surface area contributed by atoms with Crippen LogP contribution in [0.15, 0.2) is 48.5 Å². The second-order valence-corrected chi connectivity index (χ2v) is 6.43. The predicted molar refractivity (Wildman–Crippen MR) is 87.2 cm³/mol. The molecule has 1 atom stereocenters. The Kier molecular flexibility index (Phi) is 4.98. The van der Waals surface area contributed by atoms with Crippen molar-refractivity contribution in [2.45, 2.75) is 26.8 Å². The molecule has 23 heavy (non-hydrogen) atoms. The van der Waals surface area contributed by atoms with Crippen LogP contribution in [0.1, 0.15) is 32.4 Å². The van der Waals surface area contributed by atoms with Crippen LogP contribution in [0.2, 0.25) is 0 Å². The molecule has 0 bridgehead atoms. The van der Waals surface area contributed by atoms with Crippen molar-refractivity contribution in [2.24, 2.45) is 5.41 Å². The van der Waals surface area contributed by atoms with Gasteiger partial charge in [-0.2, -0.15) is 0 Å². The Morgan fingerprint density at radius 3 is 2.26 bits per heavy atom. The van der Waals surface area contributed by atoms with Gasteiger partial charge in [0.25, 0.3) is 0 Å². The number of rotatable bonds is 3. The second-order valence-electron chi connectivity index (χ2n) is 6.43. The third kappa shape index (κ3) is 4.52. The highest BCUT2D eigenvalue weighted by molar-refractivity contribution is 5.89. The van der Waals surface area contributed by atoms with E-state index in [0.29, 0.717) is 0 Å². The van der Waals surface area contributed by atoms with Gasteiger partial charge in [-0.05, 0) is 23.1 Å². The fraction of sp³-hybridized carbons (Fsp3) is 0.278. The van der Waals surface area contributed by atoms with Gasteiger partial charge in [0.2, 0.25) is 0 Å². The highest BCUT2D eigenvalue weighted by Crippen LogP contribution is 2.32. The van der Waals surface area contributed by atoms with E-state index in [9.17, 15) is 13.6 Å². The molecule has 0 saturated heterocycles. The minimum atomic E-state index is -0.813. The van der Waals surface area contributed by atoms with Gasteiger partial charge in [0.1, 0.15) is 11.6 Å². The van der Waals surface area contributed by atoms with E-state index >= 15 is 0 Å². The van der Waals surface area contributed by atoms with Crippen LogP contribution >= 0.6 is 0 Å². The van der Waals surface area contributed by atoms with Crippen LogP contribution in [0, 0.1) is 17.0 Å². The molecule has 0 aliphatic carbocycles. The largest absolute Gasteiger partial charge is 0.331 e. The van der Waals surface area contributed by atoms with E-state index in [1.807, 2.05) is 51.1 Å². The van der Waals surface area contributed by atoms with Crippen LogP contribution in [-0.4, -0.2) is 6.03 Å². The Morgan fingerprint density at radius 1 is 1.04 bits per heavy atom. The fourth-order valence-corrected chi connectivity index (χ4v) is 2.33. The summed E-state index contributed by atoms with van der Waals surface area (Å²) in [5.41, 5.74) is 0.652. The van der Waals surface area contributed by atoms with Gasteiger partial charge in [-0.3, -0.25) is 0 Å². The number of nitrogens with one attached hydrogen (secondary N) is 2. The number of amides is 2. The normalized spacial score (nSPS) is 12.6. The van der Waals surface area contributed by atoms with Gasteiger partial charge in [-0.25, -0.2) is 13.6 Å². The highest BCUT2D eigenvalue weighted by atomic mass is 19.1. The van der Waals surface area contributed by atoms with Crippen LogP contribution in [0.5, 0.6) is 0 Å². The van der Waals surface area contributed by atoms with Crippen molar-refractivity contribution in [1.82, 2.24) is 5.32 Å². The van der Waals surface area contributed by atoms with Gasteiger partial charge in [-0.1, -0.05) is 51.1 Å². The zero-order chi connectivity index (χ0) is 17.0. The van der Waals surface area contributed by atoms with Crippen molar-refractivity contribution >= 4 is 11.7 Å². The standard InChI is InChI=1S/C18H20F2N2O/c1-18(2,3)16(12-7-5-4-6-8-12)22-17(23)21-15-10-9-13(19)11-14(15)20/h4-11,16H,1-3H3,(H2,21,22,23). The number of carbonyl (C=O) groups excluding carboxylic acids is 1. The topological polar surface area (TPSA) is 41.1 Å². The van der Waals surface area contributed by atoms with Gasteiger partial charge in [0, 0.05) is 6.07 Å². The lowest BCUT2D eigenvalue weighted by atomic mass is 9.82. The molecule has 0 radical (unpaired) electrons. The third-order valence-electron chi connectivity index (χ3n) is 3.45. The molecule has 122 valence electrons. The third-order valence-corrected chi connectivity index (χ3v) is 3.45. The first-order chi connectivity index (χ1) is 10.8. The molecule has 0 heterocycles. The van der Waals surface area contributed by atoms with Crippen LogP contribution in [-0.2, 0) is 0 Å². The Bertz CT molecular complexity index is 681. The zero-order valence-electron chi connectivity index (χ0n) is 13.4. The lowest BCUT2D eigenvalue weighted by Crippen LogP contribution is -2.39.